The highest BCUT2D eigenvalue weighted by atomic mass is 32.1. The minimum Gasteiger partial charge on any atom is -0.338 e. The van der Waals surface area contributed by atoms with Crippen LogP contribution in [0.2, 0.25) is 0 Å². The lowest BCUT2D eigenvalue weighted by Gasteiger charge is -2.35. The first-order chi connectivity index (χ1) is 15.0. The molecular weight excluding hydrogens is 436 g/mol. The Labute approximate surface area is 187 Å². The molecule has 1 aliphatic carbocycles. The second-order valence-electron chi connectivity index (χ2n) is 7.99. The SMILES string of the molecule is O=C(CN1C(=O)N[C@]2(CCCc3sccc32)C1=O)N1CCN(C(=O)c2cccs2)CC1. The summed E-state index contributed by atoms with van der Waals surface area (Å²) in [6.45, 7) is 1.37. The van der Waals surface area contributed by atoms with Crippen LogP contribution < -0.4 is 5.32 Å². The highest BCUT2D eigenvalue weighted by Crippen LogP contribution is 2.42. The number of amides is 5. The summed E-state index contributed by atoms with van der Waals surface area (Å²) in [7, 11) is 0. The maximum absolute atomic E-state index is 13.3. The van der Waals surface area contributed by atoms with E-state index < -0.39 is 11.6 Å². The quantitative estimate of drug-likeness (QED) is 0.711. The predicted octanol–water partition coefficient (Wildman–Crippen LogP) is 1.88. The first-order valence-electron chi connectivity index (χ1n) is 10.3. The molecule has 5 rings (SSSR count). The molecule has 31 heavy (non-hydrogen) atoms. The maximum atomic E-state index is 13.3. The van der Waals surface area contributed by atoms with Gasteiger partial charge in [-0.2, -0.15) is 0 Å². The molecule has 1 spiro atoms. The Kier molecular flexibility index (Phi) is 5.05. The summed E-state index contributed by atoms with van der Waals surface area (Å²) in [5, 5.41) is 6.69. The molecule has 0 radical (unpaired) electrons. The van der Waals surface area contributed by atoms with Crippen LogP contribution in [0.25, 0.3) is 0 Å². The zero-order valence-electron chi connectivity index (χ0n) is 16.8. The topological polar surface area (TPSA) is 90.0 Å². The van der Waals surface area contributed by atoms with E-state index in [0.29, 0.717) is 37.5 Å². The van der Waals surface area contributed by atoms with E-state index in [-0.39, 0.29) is 24.3 Å². The predicted molar refractivity (Wildman–Crippen MR) is 116 cm³/mol. The van der Waals surface area contributed by atoms with Crippen molar-refractivity contribution in [2.45, 2.75) is 24.8 Å². The van der Waals surface area contributed by atoms with Gasteiger partial charge in [-0.15, -0.1) is 22.7 Å². The van der Waals surface area contributed by atoms with Crippen LogP contribution in [0.1, 0.15) is 33.0 Å². The van der Waals surface area contributed by atoms with Crippen LogP contribution in [0.3, 0.4) is 0 Å². The average Bonchev–Trinajstić information content (AvgIpc) is 3.52. The third-order valence-electron chi connectivity index (χ3n) is 6.28. The van der Waals surface area contributed by atoms with Gasteiger partial charge in [0.25, 0.3) is 11.8 Å². The molecule has 5 amide bonds. The summed E-state index contributed by atoms with van der Waals surface area (Å²) in [5.41, 5.74) is -0.158. The fourth-order valence-corrected chi connectivity index (χ4v) is 6.33. The first-order valence-corrected chi connectivity index (χ1v) is 12.1. The van der Waals surface area contributed by atoms with Crippen molar-refractivity contribution >= 4 is 46.4 Å². The van der Waals surface area contributed by atoms with Gasteiger partial charge in [-0.1, -0.05) is 6.07 Å². The van der Waals surface area contributed by atoms with E-state index in [1.165, 1.54) is 11.3 Å². The molecule has 0 aromatic carbocycles. The number of nitrogens with zero attached hydrogens (tertiary/aromatic N) is 3. The number of urea groups is 1. The van der Waals surface area contributed by atoms with Gasteiger partial charge in [-0.3, -0.25) is 19.3 Å². The number of carbonyl (C=O) groups is 4. The Morgan fingerprint density at radius 3 is 2.55 bits per heavy atom. The van der Waals surface area contributed by atoms with E-state index in [1.54, 1.807) is 27.2 Å². The molecule has 0 unspecified atom stereocenters. The second kappa shape index (κ2) is 7.76. The lowest BCUT2D eigenvalue weighted by molar-refractivity contribution is -0.140. The normalized spacial score (nSPS) is 23.3. The minimum atomic E-state index is -1.03. The number of fused-ring (bicyclic) bond motifs is 2. The standard InChI is InChI=1S/C21H22N4O4S2/c26-17(23-7-9-24(10-8-23)18(27)16-4-2-11-30-16)13-25-19(28)21(22-20(25)29)6-1-3-15-14(21)5-12-31-15/h2,4-5,11-12H,1,3,6-10,13H2,(H,22,29)/t21-/m0/s1. The van der Waals surface area contributed by atoms with Crippen molar-refractivity contribution in [3.05, 3.63) is 44.3 Å². The molecule has 1 atom stereocenters. The van der Waals surface area contributed by atoms with Crippen molar-refractivity contribution in [1.82, 2.24) is 20.0 Å². The highest BCUT2D eigenvalue weighted by molar-refractivity contribution is 7.12. The van der Waals surface area contributed by atoms with Gasteiger partial charge in [0.2, 0.25) is 5.91 Å². The molecule has 0 saturated carbocycles. The third kappa shape index (κ3) is 3.34. The smallest absolute Gasteiger partial charge is 0.325 e. The summed E-state index contributed by atoms with van der Waals surface area (Å²) in [6, 6.07) is 5.03. The molecule has 8 nitrogen and oxygen atoms in total. The van der Waals surface area contributed by atoms with Gasteiger partial charge >= 0.3 is 6.03 Å². The monoisotopic (exact) mass is 458 g/mol. The minimum absolute atomic E-state index is 0.0259. The van der Waals surface area contributed by atoms with Crippen LogP contribution in [-0.4, -0.2) is 71.2 Å². The van der Waals surface area contributed by atoms with Crippen molar-refractivity contribution in [2.75, 3.05) is 32.7 Å². The summed E-state index contributed by atoms with van der Waals surface area (Å²) in [5.74, 6) is -0.635. The van der Waals surface area contributed by atoms with E-state index in [2.05, 4.69) is 5.32 Å². The number of piperazine rings is 1. The largest absolute Gasteiger partial charge is 0.338 e. The van der Waals surface area contributed by atoms with Gasteiger partial charge in [0.15, 0.2) is 0 Å². The molecule has 162 valence electrons. The van der Waals surface area contributed by atoms with Gasteiger partial charge in [0.1, 0.15) is 12.1 Å². The Morgan fingerprint density at radius 2 is 1.81 bits per heavy atom. The highest BCUT2D eigenvalue weighted by Gasteiger charge is 2.54. The number of hydrogen-bond acceptors (Lipinski definition) is 6. The molecule has 1 N–H and O–H groups in total. The number of thiophene rings is 2. The van der Waals surface area contributed by atoms with Gasteiger partial charge in [-0.25, -0.2) is 4.79 Å². The number of hydrogen-bond donors (Lipinski definition) is 1. The zero-order valence-corrected chi connectivity index (χ0v) is 18.5. The molecule has 2 aliphatic heterocycles. The third-order valence-corrected chi connectivity index (χ3v) is 8.12. The van der Waals surface area contributed by atoms with Gasteiger partial charge < -0.3 is 15.1 Å². The van der Waals surface area contributed by atoms with Crippen molar-refractivity contribution in [1.29, 1.82) is 0 Å². The van der Waals surface area contributed by atoms with Crippen LogP contribution in [-0.2, 0) is 21.5 Å². The summed E-state index contributed by atoms with van der Waals surface area (Å²) in [4.78, 5) is 57.5. The number of nitrogens with one attached hydrogen (secondary N) is 1. The maximum Gasteiger partial charge on any atom is 0.325 e. The Hall–Kier alpha value is -2.72. The molecule has 2 aromatic heterocycles. The van der Waals surface area contributed by atoms with Crippen LogP contribution in [0.4, 0.5) is 4.79 Å². The molecular formula is C21H22N4O4S2. The van der Waals surface area contributed by atoms with Gasteiger partial charge in [0.05, 0.1) is 4.88 Å². The van der Waals surface area contributed by atoms with Crippen molar-refractivity contribution in [2.24, 2.45) is 0 Å². The molecule has 4 heterocycles. The molecule has 2 aromatic rings. The van der Waals surface area contributed by atoms with E-state index in [9.17, 15) is 19.2 Å². The molecule has 3 aliphatic rings. The van der Waals surface area contributed by atoms with Crippen LogP contribution in [0, 0.1) is 0 Å². The van der Waals surface area contributed by atoms with Crippen molar-refractivity contribution < 1.29 is 19.2 Å². The molecule has 2 fully saturated rings. The van der Waals surface area contributed by atoms with Gasteiger partial charge in [-0.05, 0) is 42.2 Å². The summed E-state index contributed by atoms with van der Waals surface area (Å²) < 4.78 is 0. The van der Waals surface area contributed by atoms with Gasteiger partial charge in [0, 0.05) is 36.6 Å². The Bertz CT molecular complexity index is 1040. The van der Waals surface area contributed by atoms with Crippen LogP contribution >= 0.6 is 22.7 Å². The molecule has 10 heteroatoms. The van der Waals surface area contributed by atoms with E-state index in [4.69, 9.17) is 0 Å². The van der Waals surface area contributed by atoms with Crippen LogP contribution in [0.15, 0.2) is 29.0 Å². The number of imide groups is 1. The summed E-state index contributed by atoms with van der Waals surface area (Å²) >= 11 is 3.00. The van der Waals surface area contributed by atoms with Crippen molar-refractivity contribution in [3.63, 3.8) is 0 Å². The fraction of sp³-hybridized carbons (Fsp3) is 0.429. The van der Waals surface area contributed by atoms with E-state index in [1.807, 2.05) is 22.9 Å². The van der Waals surface area contributed by atoms with E-state index in [0.717, 1.165) is 28.2 Å². The number of aryl methyl sites for hydroxylation is 1. The average molecular weight is 459 g/mol. The lowest BCUT2D eigenvalue weighted by atomic mass is 9.80. The van der Waals surface area contributed by atoms with E-state index >= 15 is 0 Å². The van der Waals surface area contributed by atoms with Crippen molar-refractivity contribution in [3.8, 4) is 0 Å². The molecule has 0 bridgehead atoms. The molecule has 2 saturated heterocycles. The fourth-order valence-electron chi connectivity index (χ4n) is 4.64. The second-order valence-corrected chi connectivity index (χ2v) is 9.94. The number of rotatable bonds is 3. The Morgan fingerprint density at radius 1 is 1.03 bits per heavy atom. The van der Waals surface area contributed by atoms with Crippen LogP contribution in [0.5, 0.6) is 0 Å². The lowest BCUT2D eigenvalue weighted by Crippen LogP contribution is -2.53. The first kappa shape index (κ1) is 20.2. The zero-order chi connectivity index (χ0) is 21.6. The Balaban J connectivity index is 1.23. The summed E-state index contributed by atoms with van der Waals surface area (Å²) in [6.07, 6.45) is 2.28. The number of carbonyl (C=O) groups excluding carboxylic acids is 4.